The number of hydrogen-bond acceptors (Lipinski definition) is 3. The van der Waals surface area contributed by atoms with E-state index in [1.807, 2.05) is 4.52 Å². The summed E-state index contributed by atoms with van der Waals surface area (Å²) in [6.07, 6.45) is 5.92. The summed E-state index contributed by atoms with van der Waals surface area (Å²) in [6.45, 7) is 0.609. The molecule has 0 amide bonds. The fourth-order valence-corrected chi connectivity index (χ4v) is 3.36. The minimum atomic E-state index is 0.599. The lowest BCUT2D eigenvalue weighted by molar-refractivity contribution is 0.627. The maximum atomic E-state index is 5.59. The van der Waals surface area contributed by atoms with Crippen molar-refractivity contribution in [2.45, 2.75) is 38.0 Å². The summed E-state index contributed by atoms with van der Waals surface area (Å²) in [5, 5.41) is 4.73. The fourth-order valence-electron chi connectivity index (χ4n) is 2.84. The van der Waals surface area contributed by atoms with Gasteiger partial charge in [0.05, 0.1) is 5.69 Å². The number of halogens is 1. The number of nitrogens with two attached hydrogens (primary N) is 1. The van der Waals surface area contributed by atoms with Crippen molar-refractivity contribution < 1.29 is 0 Å². The summed E-state index contributed by atoms with van der Waals surface area (Å²) in [5.74, 6) is 2.67. The molecule has 0 aliphatic heterocycles. The van der Waals surface area contributed by atoms with Crippen LogP contribution in [0.3, 0.4) is 0 Å². The number of aromatic nitrogens is 4. The van der Waals surface area contributed by atoms with E-state index in [9.17, 15) is 0 Å². The Bertz CT molecular complexity index is 565. The van der Waals surface area contributed by atoms with Gasteiger partial charge in [-0.15, -0.1) is 0 Å². The lowest BCUT2D eigenvalue weighted by Crippen LogP contribution is -2.06. The van der Waals surface area contributed by atoms with Crippen LogP contribution in [-0.4, -0.2) is 25.7 Å². The second-order valence-corrected chi connectivity index (χ2v) is 5.75. The third-order valence-corrected chi connectivity index (χ3v) is 4.59. The van der Waals surface area contributed by atoms with Gasteiger partial charge in [-0.05, 0) is 35.3 Å². The van der Waals surface area contributed by atoms with Gasteiger partial charge in [-0.2, -0.15) is 9.61 Å². The zero-order valence-electron chi connectivity index (χ0n) is 10.6. The van der Waals surface area contributed by atoms with Gasteiger partial charge in [-0.3, -0.25) is 4.57 Å². The Hall–Kier alpha value is -0.880. The highest BCUT2D eigenvalue weighted by Gasteiger charge is 2.24. The van der Waals surface area contributed by atoms with Crippen molar-refractivity contribution in [3.8, 4) is 0 Å². The molecule has 0 aromatic carbocycles. The largest absolute Gasteiger partial charge is 0.330 e. The molecule has 1 aliphatic carbocycles. The van der Waals surface area contributed by atoms with Crippen LogP contribution >= 0.6 is 15.9 Å². The SMILES string of the molecule is Cn1c(C2CCCC2)nn2c(Br)c(CCN)nc12. The molecule has 0 saturated heterocycles. The van der Waals surface area contributed by atoms with Crippen molar-refractivity contribution in [2.24, 2.45) is 12.8 Å². The van der Waals surface area contributed by atoms with Crippen molar-refractivity contribution in [2.75, 3.05) is 6.54 Å². The third kappa shape index (κ3) is 1.78. The predicted molar refractivity (Wildman–Crippen MR) is 73.6 cm³/mol. The molecule has 2 N–H and O–H groups in total. The summed E-state index contributed by atoms with van der Waals surface area (Å²) >= 11 is 3.58. The van der Waals surface area contributed by atoms with Crippen LogP contribution in [0.15, 0.2) is 4.60 Å². The fraction of sp³-hybridized carbons (Fsp3) is 0.667. The molecule has 2 aromatic rings. The van der Waals surface area contributed by atoms with Crippen molar-refractivity contribution in [1.82, 2.24) is 19.2 Å². The molecule has 6 heteroatoms. The van der Waals surface area contributed by atoms with Crippen LogP contribution in [0.4, 0.5) is 0 Å². The average molecular weight is 312 g/mol. The summed E-state index contributed by atoms with van der Waals surface area (Å²) in [5.41, 5.74) is 6.58. The van der Waals surface area contributed by atoms with Gasteiger partial charge < -0.3 is 5.73 Å². The van der Waals surface area contributed by atoms with E-state index in [1.165, 1.54) is 25.7 Å². The summed E-state index contributed by atoms with van der Waals surface area (Å²) in [7, 11) is 2.06. The Balaban J connectivity index is 2.06. The van der Waals surface area contributed by atoms with Crippen LogP contribution in [0.1, 0.15) is 43.1 Å². The standard InChI is InChI=1S/C12H18BrN5/c1-17-11(8-4-2-3-5-8)16-18-10(13)9(6-7-14)15-12(17)18/h8H,2-7,14H2,1H3. The van der Waals surface area contributed by atoms with E-state index in [-0.39, 0.29) is 0 Å². The topological polar surface area (TPSA) is 61.1 Å². The second-order valence-electron chi connectivity index (χ2n) is 5.00. The molecule has 2 heterocycles. The quantitative estimate of drug-likeness (QED) is 0.943. The van der Waals surface area contributed by atoms with E-state index >= 15 is 0 Å². The Morgan fingerprint density at radius 2 is 2.11 bits per heavy atom. The molecular formula is C12H18BrN5. The van der Waals surface area contributed by atoms with Crippen LogP contribution in [0, 0.1) is 0 Å². The van der Waals surface area contributed by atoms with Gasteiger partial charge in [0.1, 0.15) is 10.4 Å². The number of hydrogen-bond donors (Lipinski definition) is 1. The maximum absolute atomic E-state index is 5.59. The molecular weight excluding hydrogens is 294 g/mol. The Labute approximate surface area is 114 Å². The van der Waals surface area contributed by atoms with Crippen molar-refractivity contribution in [3.63, 3.8) is 0 Å². The lowest BCUT2D eigenvalue weighted by Gasteiger charge is -2.07. The molecule has 18 heavy (non-hydrogen) atoms. The Morgan fingerprint density at radius 1 is 1.39 bits per heavy atom. The van der Waals surface area contributed by atoms with Gasteiger partial charge in [-0.25, -0.2) is 4.98 Å². The molecule has 5 nitrogen and oxygen atoms in total. The first-order valence-corrected chi connectivity index (χ1v) is 7.31. The molecule has 0 bridgehead atoms. The van der Waals surface area contributed by atoms with E-state index in [1.54, 1.807) is 0 Å². The number of nitrogens with zero attached hydrogens (tertiary/aromatic N) is 4. The zero-order valence-corrected chi connectivity index (χ0v) is 12.2. The molecule has 0 radical (unpaired) electrons. The maximum Gasteiger partial charge on any atom is 0.233 e. The molecule has 1 aliphatic rings. The summed E-state index contributed by atoms with van der Waals surface area (Å²) in [6, 6.07) is 0. The molecule has 2 aromatic heterocycles. The van der Waals surface area contributed by atoms with Crippen LogP contribution in [0.2, 0.25) is 0 Å². The highest BCUT2D eigenvalue weighted by atomic mass is 79.9. The first kappa shape index (κ1) is 12.2. The van der Waals surface area contributed by atoms with E-state index < -0.39 is 0 Å². The molecule has 0 atom stereocenters. The first-order valence-electron chi connectivity index (χ1n) is 6.52. The van der Waals surface area contributed by atoms with Crippen molar-refractivity contribution in [1.29, 1.82) is 0 Å². The van der Waals surface area contributed by atoms with E-state index in [0.29, 0.717) is 12.5 Å². The molecule has 98 valence electrons. The minimum Gasteiger partial charge on any atom is -0.330 e. The van der Waals surface area contributed by atoms with Crippen LogP contribution in [0.5, 0.6) is 0 Å². The van der Waals surface area contributed by atoms with Gasteiger partial charge in [0.2, 0.25) is 5.78 Å². The van der Waals surface area contributed by atoms with Gasteiger partial charge in [0, 0.05) is 19.4 Å². The van der Waals surface area contributed by atoms with Crippen molar-refractivity contribution in [3.05, 3.63) is 16.1 Å². The van der Waals surface area contributed by atoms with E-state index in [4.69, 9.17) is 10.8 Å². The normalized spacial score (nSPS) is 17.1. The minimum absolute atomic E-state index is 0.599. The van der Waals surface area contributed by atoms with Crippen LogP contribution in [0.25, 0.3) is 5.78 Å². The monoisotopic (exact) mass is 311 g/mol. The van der Waals surface area contributed by atoms with E-state index in [0.717, 1.165) is 28.3 Å². The number of imidazole rings is 1. The van der Waals surface area contributed by atoms with Gasteiger partial charge in [0.25, 0.3) is 0 Å². The van der Waals surface area contributed by atoms with Gasteiger partial charge in [-0.1, -0.05) is 12.8 Å². The third-order valence-electron chi connectivity index (χ3n) is 3.80. The zero-order chi connectivity index (χ0) is 12.7. The number of fused-ring (bicyclic) bond motifs is 1. The van der Waals surface area contributed by atoms with Crippen LogP contribution in [-0.2, 0) is 13.5 Å². The highest BCUT2D eigenvalue weighted by Crippen LogP contribution is 2.34. The van der Waals surface area contributed by atoms with Crippen molar-refractivity contribution >= 4 is 21.7 Å². The average Bonchev–Trinajstić information content (AvgIpc) is 3.02. The summed E-state index contributed by atoms with van der Waals surface area (Å²) in [4.78, 5) is 4.63. The van der Waals surface area contributed by atoms with Crippen LogP contribution < -0.4 is 5.73 Å². The molecule has 1 fully saturated rings. The molecule has 3 rings (SSSR count). The van der Waals surface area contributed by atoms with E-state index in [2.05, 4.69) is 32.5 Å². The number of aryl methyl sites for hydroxylation is 1. The lowest BCUT2D eigenvalue weighted by atomic mass is 10.1. The van der Waals surface area contributed by atoms with Gasteiger partial charge in [0.15, 0.2) is 0 Å². The molecule has 1 saturated carbocycles. The first-order chi connectivity index (χ1) is 8.72. The predicted octanol–water partition coefficient (Wildman–Crippen LogP) is 1.99. The Morgan fingerprint density at radius 3 is 2.72 bits per heavy atom. The number of rotatable bonds is 3. The van der Waals surface area contributed by atoms with Gasteiger partial charge >= 0.3 is 0 Å². The molecule has 0 spiro atoms. The highest BCUT2D eigenvalue weighted by molar-refractivity contribution is 9.10. The smallest absolute Gasteiger partial charge is 0.233 e. The molecule has 0 unspecified atom stereocenters. The second kappa shape index (κ2) is 4.66. The Kier molecular flexibility index (Phi) is 3.15. The summed E-state index contributed by atoms with van der Waals surface area (Å²) < 4.78 is 4.97.